The fourth-order valence-electron chi connectivity index (χ4n) is 1.10. The molecule has 0 aromatic heterocycles. The zero-order valence-electron chi connectivity index (χ0n) is 8.23. The summed E-state index contributed by atoms with van der Waals surface area (Å²) in [6.07, 6.45) is 0. The van der Waals surface area contributed by atoms with Crippen LogP contribution >= 0.6 is 0 Å². The van der Waals surface area contributed by atoms with Crippen molar-refractivity contribution in [2.75, 3.05) is 6.54 Å². The molecule has 0 bridgehead atoms. The summed E-state index contributed by atoms with van der Waals surface area (Å²) in [6.45, 7) is 0.125. The molecule has 5 heteroatoms. The molecule has 4 N–H and O–H groups in total. The highest BCUT2D eigenvalue weighted by atomic mass is 16.4. The molecule has 0 saturated heterocycles. The van der Waals surface area contributed by atoms with Gasteiger partial charge in [0.1, 0.15) is 0 Å². The first-order valence-electron chi connectivity index (χ1n) is 4.35. The molecule has 0 aliphatic carbocycles. The van der Waals surface area contributed by atoms with Crippen molar-refractivity contribution in [1.29, 1.82) is 0 Å². The van der Waals surface area contributed by atoms with Crippen LogP contribution in [0.2, 0.25) is 0 Å². The van der Waals surface area contributed by atoms with Gasteiger partial charge < -0.3 is 15.9 Å². The molecule has 0 atom stereocenters. The van der Waals surface area contributed by atoms with Gasteiger partial charge in [-0.25, -0.2) is 9.59 Å². The van der Waals surface area contributed by atoms with Crippen molar-refractivity contribution < 1.29 is 19.8 Å². The second kappa shape index (κ2) is 4.96. The molecule has 0 spiro atoms. The average molecular weight is 219 g/mol. The van der Waals surface area contributed by atoms with Gasteiger partial charge in [-0.2, -0.15) is 0 Å². The Morgan fingerprint density at radius 3 is 2.00 bits per heavy atom. The number of hydrogen-bond acceptors (Lipinski definition) is 3. The first-order chi connectivity index (χ1) is 7.54. The van der Waals surface area contributed by atoms with E-state index in [1.807, 2.05) is 0 Å². The Labute approximate surface area is 91.5 Å². The molecule has 16 heavy (non-hydrogen) atoms. The van der Waals surface area contributed by atoms with Crippen molar-refractivity contribution >= 4 is 11.9 Å². The summed E-state index contributed by atoms with van der Waals surface area (Å²) in [5.41, 5.74) is 5.27. The van der Waals surface area contributed by atoms with Gasteiger partial charge in [0, 0.05) is 5.56 Å². The van der Waals surface area contributed by atoms with Crippen molar-refractivity contribution in [3.63, 3.8) is 0 Å². The molecule has 0 radical (unpaired) electrons. The lowest BCUT2D eigenvalue weighted by molar-refractivity contribution is 0.0696. The quantitative estimate of drug-likeness (QED) is 0.625. The number of carboxylic acids is 2. The van der Waals surface area contributed by atoms with E-state index in [0.29, 0.717) is 5.56 Å². The fourth-order valence-corrected chi connectivity index (χ4v) is 1.10. The number of carbonyl (C=O) groups is 2. The zero-order valence-corrected chi connectivity index (χ0v) is 8.23. The van der Waals surface area contributed by atoms with Crippen LogP contribution in [0.1, 0.15) is 26.3 Å². The minimum Gasteiger partial charge on any atom is -0.478 e. The van der Waals surface area contributed by atoms with E-state index < -0.39 is 11.9 Å². The van der Waals surface area contributed by atoms with Gasteiger partial charge in [0.15, 0.2) is 0 Å². The number of carboxylic acid groups (broad SMARTS) is 2. The smallest absolute Gasteiger partial charge is 0.335 e. The molecule has 0 aliphatic rings. The van der Waals surface area contributed by atoms with Gasteiger partial charge in [-0.3, -0.25) is 0 Å². The highest BCUT2D eigenvalue weighted by Gasteiger charge is 2.10. The normalized spacial score (nSPS) is 9.06. The van der Waals surface area contributed by atoms with Gasteiger partial charge in [0.05, 0.1) is 17.7 Å². The lowest BCUT2D eigenvalue weighted by Crippen LogP contribution is -2.03. The average Bonchev–Trinajstić information content (AvgIpc) is 2.25. The second-order valence-electron chi connectivity index (χ2n) is 2.92. The molecule has 1 aromatic carbocycles. The van der Waals surface area contributed by atoms with E-state index in [4.69, 9.17) is 15.9 Å². The van der Waals surface area contributed by atoms with Gasteiger partial charge in [0.25, 0.3) is 0 Å². The number of rotatable bonds is 2. The zero-order chi connectivity index (χ0) is 12.1. The summed E-state index contributed by atoms with van der Waals surface area (Å²) in [5.74, 6) is 2.73. The maximum Gasteiger partial charge on any atom is 0.335 e. The maximum absolute atomic E-state index is 10.7. The minimum absolute atomic E-state index is 0.110. The number of benzene rings is 1. The molecule has 1 aromatic rings. The van der Waals surface area contributed by atoms with E-state index in [1.165, 1.54) is 12.1 Å². The topological polar surface area (TPSA) is 101 Å². The lowest BCUT2D eigenvalue weighted by atomic mass is 10.1. The number of hydrogen-bond donors (Lipinski definition) is 3. The third-order valence-electron chi connectivity index (χ3n) is 1.76. The van der Waals surface area contributed by atoms with E-state index in [2.05, 4.69) is 11.8 Å². The molecule has 82 valence electrons. The Hall–Kier alpha value is -2.32. The third kappa shape index (κ3) is 2.83. The SMILES string of the molecule is NCC#Cc1cc(C(=O)O)cc(C(=O)O)c1. The van der Waals surface area contributed by atoms with Crippen molar-refractivity contribution in [2.45, 2.75) is 0 Å². The van der Waals surface area contributed by atoms with Gasteiger partial charge >= 0.3 is 11.9 Å². The highest BCUT2D eigenvalue weighted by molar-refractivity contribution is 5.94. The van der Waals surface area contributed by atoms with Gasteiger partial charge in [-0.05, 0) is 18.2 Å². The molecule has 0 unspecified atom stereocenters. The predicted octanol–water partition coefficient (Wildman–Crippen LogP) is 0.393. The maximum atomic E-state index is 10.7. The Bertz CT molecular complexity index is 464. The number of nitrogens with two attached hydrogens (primary N) is 1. The van der Waals surface area contributed by atoms with Crippen molar-refractivity contribution in [2.24, 2.45) is 5.73 Å². The summed E-state index contributed by atoms with van der Waals surface area (Å²) < 4.78 is 0. The molecule has 0 heterocycles. The van der Waals surface area contributed by atoms with E-state index in [-0.39, 0.29) is 17.7 Å². The van der Waals surface area contributed by atoms with Crippen LogP contribution in [-0.2, 0) is 0 Å². The van der Waals surface area contributed by atoms with Crippen LogP contribution in [-0.4, -0.2) is 28.7 Å². The molecule has 5 nitrogen and oxygen atoms in total. The van der Waals surface area contributed by atoms with E-state index >= 15 is 0 Å². The first-order valence-corrected chi connectivity index (χ1v) is 4.35. The fraction of sp³-hybridized carbons (Fsp3) is 0.0909. The van der Waals surface area contributed by atoms with E-state index in [1.54, 1.807) is 0 Å². The van der Waals surface area contributed by atoms with Crippen LogP contribution < -0.4 is 5.73 Å². The third-order valence-corrected chi connectivity index (χ3v) is 1.76. The highest BCUT2D eigenvalue weighted by Crippen LogP contribution is 2.10. The van der Waals surface area contributed by atoms with Crippen LogP contribution in [0.5, 0.6) is 0 Å². The molecule has 0 saturated carbocycles. The van der Waals surface area contributed by atoms with Crippen LogP contribution in [0.25, 0.3) is 0 Å². The summed E-state index contributed by atoms with van der Waals surface area (Å²) >= 11 is 0. The molecule has 0 fully saturated rings. The van der Waals surface area contributed by atoms with Crippen LogP contribution in [0, 0.1) is 11.8 Å². The standard InChI is InChI=1S/C11H9NO4/c12-3-1-2-7-4-8(10(13)14)6-9(5-7)11(15)16/h4-6H,3,12H2,(H,13,14)(H,15,16). The molecular formula is C11H9NO4. The molecule has 1 rings (SSSR count). The van der Waals surface area contributed by atoms with Crippen molar-refractivity contribution in [3.05, 3.63) is 34.9 Å². The van der Waals surface area contributed by atoms with Crippen LogP contribution in [0.15, 0.2) is 18.2 Å². The largest absolute Gasteiger partial charge is 0.478 e. The van der Waals surface area contributed by atoms with Gasteiger partial charge in [0.2, 0.25) is 0 Å². The van der Waals surface area contributed by atoms with E-state index in [9.17, 15) is 9.59 Å². The van der Waals surface area contributed by atoms with Gasteiger partial charge in [-0.15, -0.1) is 0 Å². The summed E-state index contributed by atoms with van der Waals surface area (Å²) in [5, 5.41) is 17.6. The Kier molecular flexibility index (Phi) is 3.64. The Morgan fingerprint density at radius 2 is 1.62 bits per heavy atom. The Balaban J connectivity index is 3.29. The second-order valence-corrected chi connectivity index (χ2v) is 2.92. The number of aromatic carboxylic acids is 2. The van der Waals surface area contributed by atoms with Gasteiger partial charge in [-0.1, -0.05) is 11.8 Å². The van der Waals surface area contributed by atoms with Crippen LogP contribution in [0.4, 0.5) is 0 Å². The Morgan fingerprint density at radius 1 is 1.12 bits per heavy atom. The van der Waals surface area contributed by atoms with Crippen LogP contribution in [0.3, 0.4) is 0 Å². The van der Waals surface area contributed by atoms with E-state index in [0.717, 1.165) is 6.07 Å². The molecule has 0 aliphatic heterocycles. The first kappa shape index (κ1) is 11.8. The summed E-state index contributed by atoms with van der Waals surface area (Å²) in [4.78, 5) is 21.5. The predicted molar refractivity (Wildman–Crippen MR) is 56.3 cm³/mol. The van der Waals surface area contributed by atoms with Crippen molar-refractivity contribution in [3.8, 4) is 11.8 Å². The van der Waals surface area contributed by atoms with Crippen molar-refractivity contribution in [1.82, 2.24) is 0 Å². The lowest BCUT2D eigenvalue weighted by Gasteiger charge is -1.99. The minimum atomic E-state index is -1.20. The molecule has 0 amide bonds. The molecular weight excluding hydrogens is 210 g/mol. The summed E-state index contributed by atoms with van der Waals surface area (Å²) in [7, 11) is 0. The monoisotopic (exact) mass is 219 g/mol. The summed E-state index contributed by atoms with van der Waals surface area (Å²) in [6, 6.07) is 3.69.